The van der Waals surface area contributed by atoms with Crippen LogP contribution in [0.25, 0.3) is 0 Å². The Balaban J connectivity index is 2.29. The van der Waals surface area contributed by atoms with Crippen molar-refractivity contribution >= 4 is 18.0 Å². The topological polar surface area (TPSA) is 215 Å². The molecule has 16 nitrogen and oxygen atoms in total. The van der Waals surface area contributed by atoms with Gasteiger partial charge in [-0.15, -0.1) is 0 Å². The zero-order valence-corrected chi connectivity index (χ0v) is 35.1. The normalized spacial score (nSPS) is 47.1. The molecule has 3 saturated heterocycles. The van der Waals surface area contributed by atoms with Crippen LogP contribution in [0.15, 0.2) is 5.16 Å². The van der Waals surface area contributed by atoms with Gasteiger partial charge in [0.15, 0.2) is 12.6 Å². The monoisotopic (exact) mass is 790 g/mol. The average molecular weight is 791 g/mol. The lowest BCUT2D eigenvalue weighted by Crippen LogP contribution is -2.61. The molecule has 0 saturated carbocycles. The Labute approximate surface area is 326 Å². The largest absolute Gasteiger partial charge is 0.459 e. The molecule has 3 aliphatic heterocycles. The van der Waals surface area contributed by atoms with Gasteiger partial charge in [0.2, 0.25) is 0 Å². The number of esters is 1. The summed E-state index contributed by atoms with van der Waals surface area (Å²) in [6.07, 6.45) is -8.48. The maximum atomic E-state index is 14.3. The third kappa shape index (κ3) is 10.6. The number of hydrogen-bond donors (Lipinski definition) is 5. The summed E-state index contributed by atoms with van der Waals surface area (Å²) in [7, 11) is 5.19. The highest BCUT2D eigenvalue weighted by molar-refractivity contribution is 5.83. The third-order valence-corrected chi connectivity index (χ3v) is 12.4. The number of aliphatic hydroxyl groups is 4. The second-order valence-electron chi connectivity index (χ2n) is 17.0. The molecule has 3 aliphatic rings. The van der Waals surface area contributed by atoms with Crippen LogP contribution in [0.5, 0.6) is 0 Å². The first kappa shape index (κ1) is 47.5. The molecular formula is C39H70N2O14. The number of nitrogens with zero attached hydrogens (tertiary/aromatic N) is 2. The lowest BCUT2D eigenvalue weighted by atomic mass is 9.73. The van der Waals surface area contributed by atoms with Crippen LogP contribution in [0.1, 0.15) is 94.9 Å². The molecule has 0 aliphatic carbocycles. The number of cyclic esters (lactones) is 1. The van der Waals surface area contributed by atoms with Gasteiger partial charge in [-0.2, -0.15) is 0 Å². The number of rotatable bonds is 10. The van der Waals surface area contributed by atoms with Crippen molar-refractivity contribution in [2.75, 3.05) is 27.8 Å². The van der Waals surface area contributed by atoms with Crippen molar-refractivity contribution in [3.05, 3.63) is 0 Å². The molecule has 55 heavy (non-hydrogen) atoms. The molecule has 0 aromatic heterocycles. The summed E-state index contributed by atoms with van der Waals surface area (Å²) in [4.78, 5) is 30.3. The molecule has 16 heteroatoms. The van der Waals surface area contributed by atoms with E-state index in [2.05, 4.69) is 5.16 Å². The summed E-state index contributed by atoms with van der Waals surface area (Å²) in [5.41, 5.74) is -4.53. The summed E-state index contributed by atoms with van der Waals surface area (Å²) in [5.74, 6) is -4.93. The number of aliphatic hydroxyl groups excluding tert-OH is 3. The van der Waals surface area contributed by atoms with E-state index in [0.717, 1.165) is 6.21 Å². The van der Waals surface area contributed by atoms with Gasteiger partial charge in [0.25, 0.3) is 0 Å². The van der Waals surface area contributed by atoms with Crippen LogP contribution in [-0.4, -0.2) is 161 Å². The Morgan fingerprint density at radius 1 is 0.927 bits per heavy atom. The van der Waals surface area contributed by atoms with Crippen LogP contribution in [0.4, 0.5) is 0 Å². The molecule has 3 heterocycles. The number of oxime groups is 1. The quantitative estimate of drug-likeness (QED) is 0.0929. The molecule has 0 radical (unpaired) electrons. The Hall–Kier alpha value is -1.83. The fourth-order valence-corrected chi connectivity index (χ4v) is 8.79. The number of ketones is 1. The van der Waals surface area contributed by atoms with Gasteiger partial charge in [-0.1, -0.05) is 32.9 Å². The smallest absolute Gasteiger partial charge is 0.311 e. The van der Waals surface area contributed by atoms with E-state index in [-0.39, 0.29) is 43.8 Å². The van der Waals surface area contributed by atoms with Gasteiger partial charge in [-0.05, 0) is 74.9 Å². The Kier molecular flexibility index (Phi) is 16.7. The van der Waals surface area contributed by atoms with Crippen molar-refractivity contribution in [3.63, 3.8) is 0 Å². The zero-order chi connectivity index (χ0) is 41.8. The van der Waals surface area contributed by atoms with Crippen molar-refractivity contribution in [1.82, 2.24) is 4.90 Å². The second-order valence-corrected chi connectivity index (χ2v) is 17.0. The summed E-state index contributed by atoms with van der Waals surface area (Å²) >= 11 is 0. The van der Waals surface area contributed by atoms with Gasteiger partial charge in [-0.3, -0.25) is 9.59 Å². The predicted molar refractivity (Wildman–Crippen MR) is 200 cm³/mol. The van der Waals surface area contributed by atoms with Crippen LogP contribution in [0.3, 0.4) is 0 Å². The van der Waals surface area contributed by atoms with E-state index in [4.69, 9.17) is 33.2 Å². The van der Waals surface area contributed by atoms with Crippen LogP contribution in [-0.2, 0) is 42.7 Å². The van der Waals surface area contributed by atoms with E-state index in [9.17, 15) is 35.2 Å². The number of Topliss-reactive ketones (excluding diaryl/α,β-unsaturated/α-hetero) is 1. The summed E-state index contributed by atoms with van der Waals surface area (Å²) in [5, 5.41) is 58.2. The molecule has 3 fully saturated rings. The van der Waals surface area contributed by atoms with Crippen LogP contribution in [0.2, 0.25) is 0 Å². The van der Waals surface area contributed by atoms with E-state index in [1.165, 1.54) is 21.0 Å². The zero-order valence-electron chi connectivity index (χ0n) is 35.1. The van der Waals surface area contributed by atoms with Crippen LogP contribution >= 0.6 is 0 Å². The highest BCUT2D eigenvalue weighted by Gasteiger charge is 2.54. The number of likely N-dealkylation sites (N-methyl/N-ethyl adjacent to an activating group) is 1. The molecule has 0 bridgehead atoms. The van der Waals surface area contributed by atoms with Gasteiger partial charge in [-0.25, -0.2) is 0 Å². The maximum absolute atomic E-state index is 14.3. The lowest BCUT2D eigenvalue weighted by molar-refractivity contribution is -0.320. The summed E-state index contributed by atoms with van der Waals surface area (Å²) in [6, 6.07) is -0.339. The molecule has 0 unspecified atom stereocenters. The minimum absolute atomic E-state index is 0.0115. The number of methoxy groups -OCH3 is 1. The number of carbonyl (C=O) groups is 2. The summed E-state index contributed by atoms with van der Waals surface area (Å²) in [6.45, 7) is 16.5. The van der Waals surface area contributed by atoms with Crippen molar-refractivity contribution in [3.8, 4) is 0 Å². The Bertz CT molecular complexity index is 1290. The molecular weight excluding hydrogens is 720 g/mol. The molecule has 5 N–H and O–H groups in total. The van der Waals surface area contributed by atoms with Gasteiger partial charge >= 0.3 is 5.97 Å². The first-order valence-corrected chi connectivity index (χ1v) is 19.6. The number of ether oxygens (including phenoxy) is 7. The lowest BCUT2D eigenvalue weighted by Gasteiger charge is -2.50. The minimum atomic E-state index is -2.01. The van der Waals surface area contributed by atoms with E-state index in [1.807, 2.05) is 25.9 Å². The van der Waals surface area contributed by atoms with Crippen LogP contribution in [0, 0.1) is 23.7 Å². The second kappa shape index (κ2) is 19.3. The molecule has 3 rings (SSSR count). The maximum Gasteiger partial charge on any atom is 0.311 e. The van der Waals surface area contributed by atoms with E-state index in [1.54, 1.807) is 48.5 Å². The van der Waals surface area contributed by atoms with Crippen molar-refractivity contribution in [2.45, 2.75) is 179 Å². The number of carbonyl (C=O) groups excluding carboxylic acids is 2. The van der Waals surface area contributed by atoms with Gasteiger partial charge in [0, 0.05) is 37.3 Å². The van der Waals surface area contributed by atoms with Gasteiger partial charge in [0.05, 0.1) is 60.5 Å². The van der Waals surface area contributed by atoms with Crippen LogP contribution < -0.4 is 0 Å². The Morgan fingerprint density at radius 2 is 1.56 bits per heavy atom. The first-order valence-electron chi connectivity index (χ1n) is 19.6. The van der Waals surface area contributed by atoms with E-state index in [0.29, 0.717) is 6.42 Å². The fourth-order valence-electron chi connectivity index (χ4n) is 8.79. The van der Waals surface area contributed by atoms with E-state index < -0.39 is 102 Å². The highest BCUT2D eigenvalue weighted by Crippen LogP contribution is 2.42. The molecule has 0 spiro atoms. The Morgan fingerprint density at radius 3 is 2.13 bits per heavy atom. The molecule has 0 aromatic carbocycles. The third-order valence-electron chi connectivity index (χ3n) is 12.4. The average Bonchev–Trinajstić information content (AvgIpc) is 3.12. The minimum Gasteiger partial charge on any atom is -0.459 e. The first-order chi connectivity index (χ1) is 25.5. The fraction of sp³-hybridized carbons (Fsp3) is 0.923. The van der Waals surface area contributed by atoms with Crippen molar-refractivity contribution in [1.29, 1.82) is 0 Å². The molecule has 320 valence electrons. The van der Waals surface area contributed by atoms with Gasteiger partial charge in [0.1, 0.15) is 29.7 Å². The predicted octanol–water partition coefficient (Wildman–Crippen LogP) is 2.27. The molecule has 0 amide bonds. The van der Waals surface area contributed by atoms with Crippen molar-refractivity contribution in [2.24, 2.45) is 28.8 Å². The molecule has 0 aromatic rings. The highest BCUT2D eigenvalue weighted by atomic mass is 16.7. The SMILES string of the molecule is CC[C@H]1OC(=O)[C@H](C)[C@@H](O[C@H]2C[C@@](C)(OC)[C@@H](O)[C@H](C)O2)[C@H](C)[C@@H](O[C@@H]2O[C@H](C)C[C@H](N(C)C)[C@H]2O)[C@@](C)(OC/C=N/O)C[C@@H](C)C(=O)[C@H](C)[C@@H](O)[C@]1(C)O. The van der Waals surface area contributed by atoms with Gasteiger partial charge < -0.3 is 63.7 Å². The summed E-state index contributed by atoms with van der Waals surface area (Å²) < 4.78 is 44.2. The van der Waals surface area contributed by atoms with Crippen molar-refractivity contribution < 1.29 is 68.4 Å². The number of hydrogen-bond acceptors (Lipinski definition) is 16. The molecule has 18 atom stereocenters. The van der Waals surface area contributed by atoms with E-state index >= 15 is 0 Å². The standard InChI is InChI=1S/C39H70N2O14/c1-14-27-39(10,47)32(44)22(4)29(42)20(2)18-38(9,50-16-15-40-48)34(55-36-30(43)26(41(11)12)17-21(3)51-36)23(5)31(24(6)35(46)53-27)54-28-19-37(8,49-13)33(45)25(7)52-28/h15,20-28,30-34,36,43-45,47-48H,14,16-19H2,1-13H3/b40-15+/t20-,21-,22+,23+,24-,25+,26+,27-,28+,30-,31+,32-,33+,34-,36+,37-,38+,39-/m1/s1.